The van der Waals surface area contributed by atoms with Crippen molar-refractivity contribution in [1.29, 1.82) is 0 Å². The molecule has 3 heterocycles. The van der Waals surface area contributed by atoms with Gasteiger partial charge in [0.15, 0.2) is 0 Å². The third-order valence-electron chi connectivity index (χ3n) is 5.53. The number of carbonyl (C=O) groups excluding carboxylic acids is 3. The van der Waals surface area contributed by atoms with Crippen molar-refractivity contribution in [3.05, 3.63) is 44.0 Å². The van der Waals surface area contributed by atoms with Gasteiger partial charge in [-0.05, 0) is 59.7 Å². The number of nitrogens with one attached hydrogen (secondary N) is 2. The van der Waals surface area contributed by atoms with Gasteiger partial charge in [-0.1, -0.05) is 11.6 Å². The fourth-order valence-electron chi connectivity index (χ4n) is 3.89. The molecule has 1 aromatic carbocycles. The number of carbonyl (C=O) groups is 3. The summed E-state index contributed by atoms with van der Waals surface area (Å²) in [5.41, 5.74) is 0.00419. The maximum atomic E-state index is 13.3. The lowest BCUT2D eigenvalue weighted by molar-refractivity contribution is -0.125. The summed E-state index contributed by atoms with van der Waals surface area (Å²) < 4.78 is 6.01. The Labute approximate surface area is 203 Å². The number of halogens is 2. The molecule has 0 spiro atoms. The standard InChI is InChI=1S/C21H22BrClN4O4S/c1-26-7-6-21(12-26,25-19(29)16-4-5-17(22)32-16)20(30)24-13-2-3-15(14(23)10-13)27-8-9-31-11-18(27)28/h2-5,10H,6-9,11-12H2,1H3,(H,24,30)(H,25,29). The molecule has 1 atom stereocenters. The first-order chi connectivity index (χ1) is 15.3. The molecule has 2 fully saturated rings. The third-order valence-corrected chi connectivity index (χ3v) is 7.45. The fourth-order valence-corrected chi connectivity index (χ4v) is 5.45. The van der Waals surface area contributed by atoms with Crippen LogP contribution < -0.4 is 15.5 Å². The van der Waals surface area contributed by atoms with E-state index < -0.39 is 5.54 Å². The summed E-state index contributed by atoms with van der Waals surface area (Å²) in [4.78, 5) is 42.3. The van der Waals surface area contributed by atoms with Crippen LogP contribution in [0.2, 0.25) is 5.02 Å². The van der Waals surface area contributed by atoms with Crippen LogP contribution in [-0.2, 0) is 14.3 Å². The van der Waals surface area contributed by atoms with Gasteiger partial charge < -0.3 is 25.2 Å². The quantitative estimate of drug-likeness (QED) is 0.607. The van der Waals surface area contributed by atoms with Crippen molar-refractivity contribution in [2.24, 2.45) is 0 Å². The number of rotatable bonds is 5. The molecular formula is C21H22BrClN4O4S. The lowest BCUT2D eigenvalue weighted by atomic mass is 9.96. The van der Waals surface area contributed by atoms with Crippen molar-refractivity contribution >= 4 is 68.0 Å². The summed E-state index contributed by atoms with van der Waals surface area (Å²) in [6.07, 6.45) is 0.488. The second-order valence-corrected chi connectivity index (χ2v) is 10.7. The Morgan fingerprint density at radius 2 is 2.06 bits per heavy atom. The molecule has 11 heteroatoms. The molecular weight excluding hydrogens is 520 g/mol. The zero-order valence-corrected chi connectivity index (χ0v) is 20.5. The van der Waals surface area contributed by atoms with Gasteiger partial charge >= 0.3 is 0 Å². The molecule has 3 amide bonds. The van der Waals surface area contributed by atoms with E-state index in [2.05, 4.69) is 26.6 Å². The predicted molar refractivity (Wildman–Crippen MR) is 128 cm³/mol. The van der Waals surface area contributed by atoms with E-state index in [-0.39, 0.29) is 24.3 Å². The number of ether oxygens (including phenoxy) is 1. The van der Waals surface area contributed by atoms with Crippen LogP contribution in [0, 0.1) is 0 Å². The molecule has 0 radical (unpaired) electrons. The van der Waals surface area contributed by atoms with Gasteiger partial charge in [-0.25, -0.2) is 0 Å². The van der Waals surface area contributed by atoms with Gasteiger partial charge in [0.2, 0.25) is 0 Å². The maximum absolute atomic E-state index is 13.3. The first-order valence-corrected chi connectivity index (χ1v) is 12.0. The van der Waals surface area contributed by atoms with Gasteiger partial charge in [-0.15, -0.1) is 11.3 Å². The van der Waals surface area contributed by atoms with Crippen molar-refractivity contribution < 1.29 is 19.1 Å². The van der Waals surface area contributed by atoms with Gasteiger partial charge in [0.25, 0.3) is 17.7 Å². The molecule has 1 aromatic heterocycles. The van der Waals surface area contributed by atoms with Crippen LogP contribution in [0.1, 0.15) is 16.1 Å². The zero-order chi connectivity index (χ0) is 22.9. The number of hydrogen-bond acceptors (Lipinski definition) is 6. The molecule has 0 saturated carbocycles. The number of nitrogens with zero attached hydrogens (tertiary/aromatic N) is 2. The summed E-state index contributed by atoms with van der Waals surface area (Å²) in [6.45, 7) is 1.96. The molecule has 170 valence electrons. The number of amides is 3. The van der Waals surface area contributed by atoms with Gasteiger partial charge in [-0.3, -0.25) is 14.4 Å². The van der Waals surface area contributed by atoms with E-state index in [0.29, 0.717) is 53.9 Å². The summed E-state index contributed by atoms with van der Waals surface area (Å²) >= 11 is 11.1. The number of hydrogen-bond donors (Lipinski definition) is 2. The van der Waals surface area contributed by atoms with Crippen molar-refractivity contribution in [3.8, 4) is 0 Å². The monoisotopic (exact) mass is 540 g/mol. The number of benzene rings is 1. The Morgan fingerprint density at radius 1 is 1.25 bits per heavy atom. The molecule has 0 bridgehead atoms. The Hall–Kier alpha value is -1.98. The SMILES string of the molecule is CN1CCC(NC(=O)c2ccc(Br)s2)(C(=O)Nc2ccc(N3CCOCC3=O)c(Cl)c2)C1. The van der Waals surface area contributed by atoms with E-state index in [4.69, 9.17) is 16.3 Å². The number of morpholine rings is 1. The van der Waals surface area contributed by atoms with Crippen LogP contribution in [0.25, 0.3) is 0 Å². The lowest BCUT2D eigenvalue weighted by Gasteiger charge is -2.30. The fraction of sp³-hybridized carbons (Fsp3) is 0.381. The maximum Gasteiger partial charge on any atom is 0.262 e. The van der Waals surface area contributed by atoms with Crippen molar-refractivity contribution in [1.82, 2.24) is 10.2 Å². The molecule has 2 saturated heterocycles. The molecule has 2 N–H and O–H groups in total. The number of likely N-dealkylation sites (tertiary alicyclic amines) is 1. The van der Waals surface area contributed by atoms with Crippen LogP contribution in [0.3, 0.4) is 0 Å². The van der Waals surface area contributed by atoms with Crippen LogP contribution in [0.15, 0.2) is 34.1 Å². The van der Waals surface area contributed by atoms with Gasteiger partial charge in [0, 0.05) is 25.3 Å². The Kier molecular flexibility index (Phi) is 6.87. The second kappa shape index (κ2) is 9.48. The summed E-state index contributed by atoms with van der Waals surface area (Å²) in [6, 6.07) is 8.54. The predicted octanol–water partition coefficient (Wildman–Crippen LogP) is 2.97. The van der Waals surface area contributed by atoms with Crippen LogP contribution >= 0.6 is 38.9 Å². The minimum atomic E-state index is -1.06. The zero-order valence-electron chi connectivity index (χ0n) is 17.3. The summed E-state index contributed by atoms with van der Waals surface area (Å²) in [5, 5.41) is 6.19. The van der Waals surface area contributed by atoms with E-state index in [1.54, 1.807) is 35.2 Å². The molecule has 8 nitrogen and oxygen atoms in total. The van der Waals surface area contributed by atoms with Crippen molar-refractivity contribution in [3.63, 3.8) is 0 Å². The highest BCUT2D eigenvalue weighted by Crippen LogP contribution is 2.31. The molecule has 0 aliphatic carbocycles. The Bertz CT molecular complexity index is 1060. The van der Waals surface area contributed by atoms with Gasteiger partial charge in [0.1, 0.15) is 12.1 Å². The Balaban J connectivity index is 1.51. The van der Waals surface area contributed by atoms with Crippen LogP contribution in [0.5, 0.6) is 0 Å². The van der Waals surface area contributed by atoms with E-state index in [9.17, 15) is 14.4 Å². The highest BCUT2D eigenvalue weighted by molar-refractivity contribution is 9.11. The lowest BCUT2D eigenvalue weighted by Crippen LogP contribution is -2.58. The van der Waals surface area contributed by atoms with E-state index >= 15 is 0 Å². The normalized spacial score (nSPS) is 21.6. The highest BCUT2D eigenvalue weighted by Gasteiger charge is 2.45. The largest absolute Gasteiger partial charge is 0.370 e. The number of thiophene rings is 1. The van der Waals surface area contributed by atoms with Gasteiger partial charge in [0.05, 0.1) is 26.0 Å². The van der Waals surface area contributed by atoms with Crippen molar-refractivity contribution in [2.75, 3.05) is 50.1 Å². The van der Waals surface area contributed by atoms with E-state index in [0.717, 1.165) is 3.79 Å². The highest BCUT2D eigenvalue weighted by atomic mass is 79.9. The van der Waals surface area contributed by atoms with E-state index in [1.807, 2.05) is 11.9 Å². The number of anilines is 2. The minimum absolute atomic E-state index is 0.0192. The molecule has 2 aliphatic heterocycles. The number of likely N-dealkylation sites (N-methyl/N-ethyl adjacent to an activating group) is 1. The van der Waals surface area contributed by atoms with E-state index in [1.165, 1.54) is 11.3 Å². The first kappa shape index (κ1) is 23.2. The topological polar surface area (TPSA) is 91.0 Å². The first-order valence-electron chi connectivity index (χ1n) is 10.0. The van der Waals surface area contributed by atoms with Crippen LogP contribution in [0.4, 0.5) is 11.4 Å². The minimum Gasteiger partial charge on any atom is -0.370 e. The molecule has 32 heavy (non-hydrogen) atoms. The average molecular weight is 542 g/mol. The second-order valence-electron chi connectivity index (χ2n) is 7.85. The van der Waals surface area contributed by atoms with Crippen molar-refractivity contribution in [2.45, 2.75) is 12.0 Å². The molecule has 4 rings (SSSR count). The Morgan fingerprint density at radius 3 is 2.69 bits per heavy atom. The average Bonchev–Trinajstić information content (AvgIpc) is 3.35. The molecule has 2 aliphatic rings. The van der Waals surface area contributed by atoms with Gasteiger partial charge in [-0.2, -0.15) is 0 Å². The van der Waals surface area contributed by atoms with Crippen LogP contribution in [-0.4, -0.2) is 68.1 Å². The summed E-state index contributed by atoms with van der Waals surface area (Å²) in [7, 11) is 1.91. The smallest absolute Gasteiger partial charge is 0.262 e. The molecule has 2 aromatic rings. The third kappa shape index (κ3) is 4.84. The molecule has 1 unspecified atom stereocenters. The summed E-state index contributed by atoms with van der Waals surface area (Å²) in [5.74, 6) is -0.756.